The third-order valence-electron chi connectivity index (χ3n) is 1.42. The van der Waals surface area contributed by atoms with Crippen molar-refractivity contribution in [2.45, 2.75) is 6.92 Å². The maximum absolute atomic E-state index is 11.2. The standard InChI is InChI=1S/C9H13NO5/c1-3-15-9(14)6-10(2)7(11)4-5-8(12)13/h4-5H,3,6H2,1-2H3,(H,12,13)/b5-4+. The summed E-state index contributed by atoms with van der Waals surface area (Å²) in [5.74, 6) is -2.31. The molecule has 0 aromatic carbocycles. The molecule has 0 aromatic heterocycles. The first-order chi connectivity index (χ1) is 6.97. The van der Waals surface area contributed by atoms with E-state index in [4.69, 9.17) is 5.11 Å². The molecule has 15 heavy (non-hydrogen) atoms. The summed E-state index contributed by atoms with van der Waals surface area (Å²) in [6.45, 7) is 1.70. The number of carboxylic acids is 1. The average molecular weight is 215 g/mol. The molecule has 0 bridgehead atoms. The van der Waals surface area contributed by atoms with Crippen molar-refractivity contribution in [3.05, 3.63) is 12.2 Å². The van der Waals surface area contributed by atoms with Gasteiger partial charge in [-0.05, 0) is 6.92 Å². The number of likely N-dealkylation sites (N-methyl/N-ethyl adjacent to an activating group) is 1. The fraction of sp³-hybridized carbons (Fsp3) is 0.444. The Kier molecular flexibility index (Phi) is 5.77. The fourth-order valence-electron chi connectivity index (χ4n) is 0.748. The summed E-state index contributed by atoms with van der Waals surface area (Å²) < 4.78 is 4.62. The van der Waals surface area contributed by atoms with Gasteiger partial charge in [0.25, 0.3) is 0 Å². The predicted molar refractivity (Wildman–Crippen MR) is 51.0 cm³/mol. The van der Waals surface area contributed by atoms with E-state index in [0.29, 0.717) is 6.08 Å². The zero-order chi connectivity index (χ0) is 11.8. The lowest BCUT2D eigenvalue weighted by atomic mass is 10.4. The molecule has 6 heteroatoms. The van der Waals surface area contributed by atoms with Crippen LogP contribution in [-0.4, -0.2) is 48.1 Å². The lowest BCUT2D eigenvalue weighted by Crippen LogP contribution is -2.31. The van der Waals surface area contributed by atoms with Crippen molar-refractivity contribution in [1.29, 1.82) is 0 Å². The second-order valence-corrected chi connectivity index (χ2v) is 2.67. The molecule has 0 saturated carbocycles. The van der Waals surface area contributed by atoms with Crippen molar-refractivity contribution in [2.75, 3.05) is 20.2 Å². The molecule has 0 saturated heterocycles. The summed E-state index contributed by atoms with van der Waals surface area (Å²) in [5, 5.41) is 8.26. The number of hydrogen-bond acceptors (Lipinski definition) is 4. The normalized spacial score (nSPS) is 10.0. The van der Waals surface area contributed by atoms with Gasteiger partial charge < -0.3 is 14.7 Å². The third kappa shape index (κ3) is 6.25. The van der Waals surface area contributed by atoms with Crippen molar-refractivity contribution in [2.24, 2.45) is 0 Å². The first-order valence-corrected chi connectivity index (χ1v) is 4.29. The van der Waals surface area contributed by atoms with E-state index in [1.165, 1.54) is 7.05 Å². The van der Waals surface area contributed by atoms with Crippen LogP contribution in [0.15, 0.2) is 12.2 Å². The second-order valence-electron chi connectivity index (χ2n) is 2.67. The summed E-state index contributed by atoms with van der Waals surface area (Å²) in [6.07, 6.45) is 1.59. The number of carbonyl (C=O) groups is 3. The topological polar surface area (TPSA) is 83.9 Å². The number of nitrogens with zero attached hydrogens (tertiary/aromatic N) is 1. The Hall–Kier alpha value is -1.85. The van der Waals surface area contributed by atoms with E-state index in [1.54, 1.807) is 6.92 Å². The van der Waals surface area contributed by atoms with E-state index < -0.39 is 17.8 Å². The van der Waals surface area contributed by atoms with Gasteiger partial charge in [-0.3, -0.25) is 9.59 Å². The number of carboxylic acid groups (broad SMARTS) is 1. The number of carbonyl (C=O) groups excluding carboxylic acids is 2. The van der Waals surface area contributed by atoms with Crippen LogP contribution in [0.2, 0.25) is 0 Å². The molecule has 1 N–H and O–H groups in total. The second kappa shape index (κ2) is 6.58. The SMILES string of the molecule is CCOC(=O)CN(C)C(=O)/C=C/C(=O)O. The van der Waals surface area contributed by atoms with Gasteiger partial charge in [-0.2, -0.15) is 0 Å². The van der Waals surface area contributed by atoms with E-state index >= 15 is 0 Å². The number of rotatable bonds is 5. The molecule has 0 unspecified atom stereocenters. The summed E-state index contributed by atoms with van der Waals surface area (Å²) in [5.41, 5.74) is 0. The van der Waals surface area contributed by atoms with Gasteiger partial charge in [0.1, 0.15) is 6.54 Å². The fourth-order valence-corrected chi connectivity index (χ4v) is 0.748. The monoisotopic (exact) mass is 215 g/mol. The van der Waals surface area contributed by atoms with E-state index in [9.17, 15) is 14.4 Å². The lowest BCUT2D eigenvalue weighted by Gasteiger charge is -2.13. The van der Waals surface area contributed by atoms with Gasteiger partial charge in [-0.1, -0.05) is 0 Å². The number of hydrogen-bond donors (Lipinski definition) is 1. The van der Waals surface area contributed by atoms with Crippen LogP contribution in [0.5, 0.6) is 0 Å². The van der Waals surface area contributed by atoms with Crippen LogP contribution in [0.3, 0.4) is 0 Å². The maximum Gasteiger partial charge on any atom is 0.328 e. The molecular weight excluding hydrogens is 202 g/mol. The third-order valence-corrected chi connectivity index (χ3v) is 1.42. The van der Waals surface area contributed by atoms with Crippen LogP contribution in [0.1, 0.15) is 6.92 Å². The van der Waals surface area contributed by atoms with E-state index in [0.717, 1.165) is 11.0 Å². The van der Waals surface area contributed by atoms with Crippen LogP contribution in [0, 0.1) is 0 Å². The summed E-state index contributed by atoms with van der Waals surface area (Å²) in [6, 6.07) is 0. The van der Waals surface area contributed by atoms with Crippen molar-refractivity contribution < 1.29 is 24.2 Å². The molecule has 0 aliphatic rings. The Morgan fingerprint density at radius 1 is 1.33 bits per heavy atom. The smallest absolute Gasteiger partial charge is 0.328 e. The Bertz CT molecular complexity index is 284. The van der Waals surface area contributed by atoms with Crippen LogP contribution >= 0.6 is 0 Å². The number of aliphatic carboxylic acids is 1. The van der Waals surface area contributed by atoms with Crippen LogP contribution in [-0.2, 0) is 19.1 Å². The van der Waals surface area contributed by atoms with E-state index in [2.05, 4.69) is 4.74 Å². The highest BCUT2D eigenvalue weighted by molar-refractivity contribution is 5.95. The van der Waals surface area contributed by atoms with Gasteiger partial charge in [0.05, 0.1) is 6.61 Å². The van der Waals surface area contributed by atoms with Gasteiger partial charge >= 0.3 is 11.9 Å². The Balaban J connectivity index is 4.10. The molecule has 0 rings (SSSR count). The minimum Gasteiger partial charge on any atom is -0.478 e. The van der Waals surface area contributed by atoms with Gasteiger partial charge in [0, 0.05) is 19.2 Å². The van der Waals surface area contributed by atoms with Crippen molar-refractivity contribution >= 4 is 17.8 Å². The number of ether oxygens (including phenoxy) is 1. The highest BCUT2D eigenvalue weighted by Crippen LogP contribution is 1.89. The minimum atomic E-state index is -1.21. The lowest BCUT2D eigenvalue weighted by molar-refractivity contribution is -0.147. The minimum absolute atomic E-state index is 0.198. The van der Waals surface area contributed by atoms with Crippen LogP contribution in [0.25, 0.3) is 0 Å². The van der Waals surface area contributed by atoms with E-state index in [-0.39, 0.29) is 13.2 Å². The first kappa shape index (κ1) is 13.2. The first-order valence-electron chi connectivity index (χ1n) is 4.29. The van der Waals surface area contributed by atoms with Crippen molar-refractivity contribution in [3.63, 3.8) is 0 Å². The van der Waals surface area contributed by atoms with Gasteiger partial charge in [-0.25, -0.2) is 4.79 Å². The summed E-state index contributed by atoms with van der Waals surface area (Å²) in [4.78, 5) is 33.3. The Morgan fingerprint density at radius 2 is 1.93 bits per heavy atom. The summed E-state index contributed by atoms with van der Waals surface area (Å²) >= 11 is 0. The Morgan fingerprint density at radius 3 is 2.40 bits per heavy atom. The predicted octanol–water partition coefficient (Wildman–Crippen LogP) is -0.351. The summed E-state index contributed by atoms with van der Waals surface area (Å²) in [7, 11) is 1.38. The van der Waals surface area contributed by atoms with Gasteiger partial charge in [-0.15, -0.1) is 0 Å². The van der Waals surface area contributed by atoms with Gasteiger partial charge in [0.15, 0.2) is 0 Å². The molecule has 6 nitrogen and oxygen atoms in total. The van der Waals surface area contributed by atoms with Gasteiger partial charge in [0.2, 0.25) is 5.91 Å². The zero-order valence-corrected chi connectivity index (χ0v) is 8.60. The molecule has 0 fully saturated rings. The molecule has 0 atom stereocenters. The molecule has 1 amide bonds. The maximum atomic E-state index is 11.2. The highest BCUT2D eigenvalue weighted by Gasteiger charge is 2.10. The molecular formula is C9H13NO5. The Labute approximate surface area is 87.1 Å². The molecule has 0 spiro atoms. The number of esters is 1. The molecule has 0 aliphatic heterocycles. The molecule has 0 aromatic rings. The molecule has 0 aliphatic carbocycles. The quantitative estimate of drug-likeness (QED) is 0.500. The van der Waals surface area contributed by atoms with Crippen molar-refractivity contribution in [1.82, 2.24) is 4.90 Å². The highest BCUT2D eigenvalue weighted by atomic mass is 16.5. The number of amides is 1. The zero-order valence-electron chi connectivity index (χ0n) is 8.60. The average Bonchev–Trinajstić information content (AvgIpc) is 2.14. The molecule has 0 radical (unpaired) electrons. The molecule has 84 valence electrons. The van der Waals surface area contributed by atoms with E-state index in [1.807, 2.05) is 0 Å². The molecule has 0 heterocycles. The van der Waals surface area contributed by atoms with Crippen molar-refractivity contribution in [3.8, 4) is 0 Å². The largest absolute Gasteiger partial charge is 0.478 e. The van der Waals surface area contributed by atoms with Crippen LogP contribution in [0.4, 0.5) is 0 Å². The van der Waals surface area contributed by atoms with Crippen LogP contribution < -0.4 is 0 Å².